The Morgan fingerprint density at radius 3 is 2.68 bits per heavy atom. The van der Waals surface area contributed by atoms with Gasteiger partial charge in [-0.3, -0.25) is 0 Å². The lowest BCUT2D eigenvalue weighted by Gasteiger charge is -2.20. The van der Waals surface area contributed by atoms with Crippen LogP contribution >= 0.6 is 23.4 Å². The summed E-state index contributed by atoms with van der Waals surface area (Å²) in [6.45, 7) is 0.350. The Bertz CT molecular complexity index is 717. The maximum Gasteiger partial charge on any atom is 0.189 e. The second-order valence-corrected chi connectivity index (χ2v) is 5.67. The van der Waals surface area contributed by atoms with Gasteiger partial charge in [0, 0.05) is 19.2 Å². The Balaban J connectivity index is 2.70. The molecule has 0 unspecified atom stereocenters. The number of rotatable bonds is 5. The van der Waals surface area contributed by atoms with Crippen molar-refractivity contribution in [3.05, 3.63) is 34.9 Å². The topological polar surface area (TPSA) is 73.0 Å². The minimum absolute atomic E-state index is 0.0264. The number of aliphatic hydroxyl groups excluding tert-OH is 1. The molecule has 2 rings (SSSR count). The van der Waals surface area contributed by atoms with Crippen LogP contribution in [-0.4, -0.2) is 41.5 Å². The highest BCUT2D eigenvalue weighted by Crippen LogP contribution is 2.33. The summed E-state index contributed by atoms with van der Waals surface area (Å²) in [5, 5.41) is 19.8. The molecule has 0 atom stereocenters. The first kappa shape index (κ1) is 16.6. The van der Waals surface area contributed by atoms with Gasteiger partial charge in [-0.2, -0.15) is 5.26 Å². The molecule has 0 saturated heterocycles. The van der Waals surface area contributed by atoms with E-state index in [1.807, 2.05) is 24.5 Å². The van der Waals surface area contributed by atoms with Crippen LogP contribution in [0.5, 0.6) is 0 Å². The minimum Gasteiger partial charge on any atom is -0.395 e. The smallest absolute Gasteiger partial charge is 0.189 e. The Hall–Kier alpha value is -1.81. The van der Waals surface area contributed by atoms with Gasteiger partial charge in [-0.05, 0) is 12.3 Å². The summed E-state index contributed by atoms with van der Waals surface area (Å²) in [5.74, 6) is 0.491. The monoisotopic (exact) mass is 334 g/mol. The third kappa shape index (κ3) is 3.33. The normalized spacial score (nSPS) is 10.3. The number of nitrogens with zero attached hydrogens (tertiary/aromatic N) is 4. The van der Waals surface area contributed by atoms with Crippen molar-refractivity contribution < 1.29 is 5.11 Å². The molecule has 2 aromatic rings. The number of thioether (sulfide) groups is 1. The number of benzene rings is 1. The molecule has 22 heavy (non-hydrogen) atoms. The molecule has 1 N–H and O–H groups in total. The Morgan fingerprint density at radius 2 is 2.09 bits per heavy atom. The van der Waals surface area contributed by atoms with Crippen LogP contribution in [0.1, 0.15) is 5.56 Å². The molecule has 7 heteroatoms. The van der Waals surface area contributed by atoms with E-state index < -0.39 is 0 Å². The van der Waals surface area contributed by atoms with Gasteiger partial charge >= 0.3 is 0 Å². The molecule has 1 heterocycles. The van der Waals surface area contributed by atoms with Gasteiger partial charge in [0.2, 0.25) is 0 Å². The SMILES string of the molecule is CSc1nc(-c2ccccc2Cl)c(C#N)c(N(C)CCO)n1. The Labute approximate surface area is 138 Å². The average molecular weight is 335 g/mol. The van der Waals surface area contributed by atoms with Crippen molar-refractivity contribution in [2.45, 2.75) is 5.16 Å². The fourth-order valence-electron chi connectivity index (χ4n) is 2.00. The van der Waals surface area contributed by atoms with Crippen LogP contribution in [0.4, 0.5) is 5.82 Å². The number of aliphatic hydroxyl groups is 1. The quantitative estimate of drug-likeness (QED) is 0.669. The number of hydrogen-bond donors (Lipinski definition) is 1. The third-order valence-corrected chi connectivity index (χ3v) is 3.97. The molecule has 1 aromatic heterocycles. The first-order valence-corrected chi connectivity index (χ1v) is 8.15. The van der Waals surface area contributed by atoms with Crippen LogP contribution in [0.15, 0.2) is 29.4 Å². The van der Waals surface area contributed by atoms with Gasteiger partial charge in [-0.25, -0.2) is 9.97 Å². The number of halogens is 1. The summed E-state index contributed by atoms with van der Waals surface area (Å²) in [4.78, 5) is 10.6. The maximum atomic E-state index is 9.56. The van der Waals surface area contributed by atoms with E-state index in [9.17, 15) is 5.26 Å². The standard InChI is InChI=1S/C15H15ClN4OS/c1-20(7-8-21)14-11(9-17)13(18-15(19-14)22-2)10-5-3-4-6-12(10)16/h3-6,21H,7-8H2,1-2H3. The summed E-state index contributed by atoms with van der Waals surface area (Å²) < 4.78 is 0. The van der Waals surface area contributed by atoms with Gasteiger partial charge in [-0.15, -0.1) is 0 Å². The summed E-state index contributed by atoms with van der Waals surface area (Å²) in [6, 6.07) is 9.42. The fraction of sp³-hybridized carbons (Fsp3) is 0.267. The molecule has 0 spiro atoms. The Kier molecular flexibility index (Phi) is 5.61. The summed E-state index contributed by atoms with van der Waals surface area (Å²) in [6.07, 6.45) is 1.87. The van der Waals surface area contributed by atoms with Crippen molar-refractivity contribution in [1.29, 1.82) is 5.26 Å². The van der Waals surface area contributed by atoms with Crippen LogP contribution in [-0.2, 0) is 0 Å². The number of hydrogen-bond acceptors (Lipinski definition) is 6. The van der Waals surface area contributed by atoms with Crippen molar-refractivity contribution in [3.8, 4) is 17.3 Å². The lowest BCUT2D eigenvalue weighted by Crippen LogP contribution is -2.24. The molecule has 5 nitrogen and oxygen atoms in total. The van der Waals surface area contributed by atoms with Crippen LogP contribution < -0.4 is 4.90 Å². The van der Waals surface area contributed by atoms with Gasteiger partial charge in [0.15, 0.2) is 11.0 Å². The molecule has 0 bridgehead atoms. The van der Waals surface area contributed by atoms with Crippen LogP contribution in [0.2, 0.25) is 5.02 Å². The highest BCUT2D eigenvalue weighted by molar-refractivity contribution is 7.98. The predicted molar refractivity (Wildman–Crippen MR) is 89.3 cm³/mol. The van der Waals surface area contributed by atoms with E-state index in [1.54, 1.807) is 18.0 Å². The first-order valence-electron chi connectivity index (χ1n) is 6.55. The molecule has 0 saturated carbocycles. The molecule has 0 aliphatic carbocycles. The molecule has 114 valence electrons. The van der Waals surface area contributed by atoms with Gasteiger partial charge in [0.1, 0.15) is 11.6 Å². The van der Waals surface area contributed by atoms with Crippen molar-refractivity contribution >= 4 is 29.2 Å². The van der Waals surface area contributed by atoms with Crippen molar-refractivity contribution in [2.75, 3.05) is 31.4 Å². The minimum atomic E-state index is -0.0264. The van der Waals surface area contributed by atoms with Crippen molar-refractivity contribution in [2.24, 2.45) is 0 Å². The molecule has 0 fully saturated rings. The predicted octanol–water partition coefficient (Wildman–Crippen LogP) is 2.82. The summed E-state index contributed by atoms with van der Waals surface area (Å²) in [7, 11) is 1.78. The van der Waals surface area contributed by atoms with Crippen LogP contribution in [0, 0.1) is 11.3 Å². The van der Waals surface area contributed by atoms with Crippen molar-refractivity contribution in [1.82, 2.24) is 9.97 Å². The van der Waals surface area contributed by atoms with E-state index in [4.69, 9.17) is 16.7 Å². The molecular weight excluding hydrogens is 320 g/mol. The molecule has 0 radical (unpaired) electrons. The van der Waals surface area contributed by atoms with Gasteiger partial charge < -0.3 is 10.0 Å². The molecule has 0 aliphatic heterocycles. The third-order valence-electron chi connectivity index (χ3n) is 3.09. The molecule has 1 aromatic carbocycles. The van der Waals surface area contributed by atoms with E-state index in [2.05, 4.69) is 16.0 Å². The zero-order valence-corrected chi connectivity index (χ0v) is 13.8. The number of nitriles is 1. The second-order valence-electron chi connectivity index (χ2n) is 4.49. The Morgan fingerprint density at radius 1 is 1.36 bits per heavy atom. The van der Waals surface area contributed by atoms with Gasteiger partial charge in [0.25, 0.3) is 0 Å². The number of aromatic nitrogens is 2. The zero-order valence-electron chi connectivity index (χ0n) is 12.2. The molecule has 0 aliphatic rings. The fourth-order valence-corrected chi connectivity index (χ4v) is 2.59. The van der Waals surface area contributed by atoms with E-state index >= 15 is 0 Å². The summed E-state index contributed by atoms with van der Waals surface area (Å²) in [5.41, 5.74) is 1.55. The van der Waals surface area contributed by atoms with E-state index in [-0.39, 0.29) is 6.61 Å². The highest BCUT2D eigenvalue weighted by atomic mass is 35.5. The van der Waals surface area contributed by atoms with Gasteiger partial charge in [-0.1, -0.05) is 41.6 Å². The first-order chi connectivity index (χ1) is 10.6. The van der Waals surface area contributed by atoms with E-state index in [0.717, 1.165) is 0 Å². The lowest BCUT2D eigenvalue weighted by molar-refractivity contribution is 0.303. The molecule has 0 amide bonds. The van der Waals surface area contributed by atoms with Crippen LogP contribution in [0.25, 0.3) is 11.3 Å². The second kappa shape index (κ2) is 7.45. The maximum absolute atomic E-state index is 9.56. The van der Waals surface area contributed by atoms with Crippen molar-refractivity contribution in [3.63, 3.8) is 0 Å². The van der Waals surface area contributed by atoms with E-state index in [0.29, 0.717) is 39.4 Å². The number of likely N-dealkylation sites (N-methyl/N-ethyl adjacent to an activating group) is 1. The highest BCUT2D eigenvalue weighted by Gasteiger charge is 2.19. The largest absolute Gasteiger partial charge is 0.395 e. The van der Waals surface area contributed by atoms with Gasteiger partial charge in [0.05, 0.1) is 17.3 Å². The zero-order chi connectivity index (χ0) is 16.1. The summed E-state index contributed by atoms with van der Waals surface area (Å²) >= 11 is 7.63. The van der Waals surface area contributed by atoms with E-state index in [1.165, 1.54) is 11.8 Å². The lowest BCUT2D eigenvalue weighted by atomic mass is 10.1. The number of anilines is 1. The molecular formula is C15H15ClN4OS. The average Bonchev–Trinajstić information content (AvgIpc) is 2.54. The van der Waals surface area contributed by atoms with Crippen LogP contribution in [0.3, 0.4) is 0 Å².